The lowest BCUT2D eigenvalue weighted by molar-refractivity contribution is -0.113. The van der Waals surface area contributed by atoms with Crippen LogP contribution in [0.25, 0.3) is 11.4 Å². The van der Waals surface area contributed by atoms with Gasteiger partial charge in [0.2, 0.25) is 5.95 Å². The van der Waals surface area contributed by atoms with Gasteiger partial charge in [0.25, 0.3) is 5.91 Å². The molecule has 0 saturated heterocycles. The molecule has 1 atom stereocenters. The fraction of sp³-hybridized carbons (Fsp3) is 0.148. The Morgan fingerprint density at radius 3 is 2.56 bits per heavy atom. The summed E-state index contributed by atoms with van der Waals surface area (Å²) < 4.78 is 12.9. The summed E-state index contributed by atoms with van der Waals surface area (Å²) in [6.07, 6.45) is 0. The summed E-state index contributed by atoms with van der Waals surface area (Å²) in [5.74, 6) is 1.91. The van der Waals surface area contributed by atoms with E-state index in [1.54, 1.807) is 31.0 Å². The van der Waals surface area contributed by atoms with Gasteiger partial charge in [0.15, 0.2) is 5.82 Å². The first-order valence-electron chi connectivity index (χ1n) is 11.3. The number of hydrogen-bond donors (Lipinski definition) is 2. The minimum Gasteiger partial charge on any atom is -0.497 e. The van der Waals surface area contributed by atoms with Crippen LogP contribution in [-0.2, 0) is 4.79 Å². The fourth-order valence-electron chi connectivity index (χ4n) is 4.26. The third kappa shape index (κ3) is 4.38. The van der Waals surface area contributed by atoms with Crippen molar-refractivity contribution in [1.82, 2.24) is 14.8 Å². The van der Waals surface area contributed by atoms with Crippen molar-refractivity contribution in [3.05, 3.63) is 94.7 Å². The van der Waals surface area contributed by atoms with E-state index in [2.05, 4.69) is 10.6 Å². The number of amides is 1. The Bertz CT molecular complexity index is 1470. The number of anilines is 2. The number of benzene rings is 3. The van der Waals surface area contributed by atoms with Gasteiger partial charge in [-0.05, 0) is 49.4 Å². The number of allylic oxidation sites excluding steroid dienone is 1. The monoisotopic (exact) mass is 501 g/mol. The Morgan fingerprint density at radius 1 is 1.03 bits per heavy atom. The van der Waals surface area contributed by atoms with Crippen molar-refractivity contribution < 1.29 is 14.3 Å². The second-order valence-electron chi connectivity index (χ2n) is 8.21. The van der Waals surface area contributed by atoms with E-state index in [0.717, 1.165) is 5.56 Å². The zero-order valence-corrected chi connectivity index (χ0v) is 20.7. The summed E-state index contributed by atoms with van der Waals surface area (Å²) >= 11 is 6.21. The molecule has 0 radical (unpaired) electrons. The predicted octanol–water partition coefficient (Wildman–Crippen LogP) is 5.54. The van der Waals surface area contributed by atoms with E-state index in [0.29, 0.717) is 50.8 Å². The molecule has 1 amide bonds. The Hall–Kier alpha value is -4.30. The molecule has 36 heavy (non-hydrogen) atoms. The molecule has 1 aliphatic heterocycles. The van der Waals surface area contributed by atoms with Gasteiger partial charge in [-0.2, -0.15) is 4.98 Å². The third-order valence-corrected chi connectivity index (χ3v) is 6.18. The second kappa shape index (κ2) is 9.75. The summed E-state index contributed by atoms with van der Waals surface area (Å²) in [6.45, 7) is 1.84. The van der Waals surface area contributed by atoms with E-state index in [9.17, 15) is 4.79 Å². The molecule has 1 aromatic heterocycles. The summed E-state index contributed by atoms with van der Waals surface area (Å²) in [7, 11) is 3.18. The zero-order chi connectivity index (χ0) is 25.2. The largest absolute Gasteiger partial charge is 0.497 e. The molecule has 0 saturated carbocycles. The number of rotatable bonds is 6. The molecule has 2 N–H and O–H groups in total. The number of ether oxygens (including phenoxy) is 2. The number of halogens is 1. The van der Waals surface area contributed by atoms with Crippen molar-refractivity contribution in [3.8, 4) is 22.9 Å². The van der Waals surface area contributed by atoms with Crippen LogP contribution < -0.4 is 20.1 Å². The maximum atomic E-state index is 13.7. The molecule has 0 bridgehead atoms. The maximum absolute atomic E-state index is 13.7. The quantitative estimate of drug-likeness (QED) is 0.360. The molecule has 5 rings (SSSR count). The highest BCUT2D eigenvalue weighted by Gasteiger charge is 2.36. The topological polar surface area (TPSA) is 90.3 Å². The van der Waals surface area contributed by atoms with E-state index >= 15 is 0 Å². The van der Waals surface area contributed by atoms with Crippen LogP contribution in [0.3, 0.4) is 0 Å². The standard InChI is InChI=1S/C27H24ClN5O3/c1-16-23(26(34)30-19-10-5-4-6-11-19)24(21-15-20(35-2)12-13-22(21)36-3)33-27(29-16)31-25(32-33)17-8-7-9-18(28)14-17/h4-15,24H,1-3H3,(H,30,34)(H,29,31,32). The van der Waals surface area contributed by atoms with Gasteiger partial charge in [0, 0.05) is 27.5 Å². The first-order valence-corrected chi connectivity index (χ1v) is 11.6. The molecule has 0 fully saturated rings. The summed E-state index contributed by atoms with van der Waals surface area (Å²) in [4.78, 5) is 18.4. The molecule has 3 aromatic carbocycles. The number of fused-ring (bicyclic) bond motifs is 1. The number of para-hydroxylation sites is 1. The van der Waals surface area contributed by atoms with Gasteiger partial charge in [-0.3, -0.25) is 4.79 Å². The Morgan fingerprint density at radius 2 is 1.83 bits per heavy atom. The van der Waals surface area contributed by atoms with Crippen LogP contribution in [0.4, 0.5) is 11.6 Å². The normalized spacial score (nSPS) is 14.6. The van der Waals surface area contributed by atoms with Gasteiger partial charge >= 0.3 is 0 Å². The number of hydrogen-bond acceptors (Lipinski definition) is 6. The van der Waals surface area contributed by atoms with Crippen molar-refractivity contribution >= 4 is 29.1 Å². The smallest absolute Gasteiger partial charge is 0.255 e. The van der Waals surface area contributed by atoms with Crippen molar-refractivity contribution in [2.45, 2.75) is 13.0 Å². The lowest BCUT2D eigenvalue weighted by atomic mass is 9.94. The van der Waals surface area contributed by atoms with E-state index < -0.39 is 6.04 Å². The van der Waals surface area contributed by atoms with E-state index in [-0.39, 0.29) is 5.91 Å². The Balaban J connectivity index is 1.67. The molecule has 9 heteroatoms. The maximum Gasteiger partial charge on any atom is 0.255 e. The number of nitrogens with one attached hydrogen (secondary N) is 2. The SMILES string of the molecule is COc1ccc(OC)c(C2C(C(=O)Nc3ccccc3)=C(C)Nc3nc(-c4cccc(Cl)c4)nn32)c1. The first-order chi connectivity index (χ1) is 17.5. The highest BCUT2D eigenvalue weighted by atomic mass is 35.5. The van der Waals surface area contributed by atoms with Gasteiger partial charge in [-0.15, -0.1) is 5.10 Å². The average molecular weight is 502 g/mol. The number of carbonyl (C=O) groups is 1. The zero-order valence-electron chi connectivity index (χ0n) is 19.9. The van der Waals surface area contributed by atoms with Crippen LogP contribution in [0.1, 0.15) is 18.5 Å². The third-order valence-electron chi connectivity index (χ3n) is 5.94. The highest BCUT2D eigenvalue weighted by Crippen LogP contribution is 2.41. The lowest BCUT2D eigenvalue weighted by Gasteiger charge is -2.29. The van der Waals surface area contributed by atoms with E-state index in [4.69, 9.17) is 31.2 Å². The first kappa shape index (κ1) is 23.4. The predicted molar refractivity (Wildman–Crippen MR) is 140 cm³/mol. The van der Waals surface area contributed by atoms with Gasteiger partial charge in [-0.25, -0.2) is 4.68 Å². The Labute approximate surface area is 213 Å². The lowest BCUT2D eigenvalue weighted by Crippen LogP contribution is -2.31. The number of aromatic nitrogens is 3. The molecule has 2 heterocycles. The van der Waals surface area contributed by atoms with Gasteiger partial charge in [0.05, 0.1) is 19.8 Å². The van der Waals surface area contributed by atoms with E-state index in [1.807, 2.05) is 67.6 Å². The number of carbonyl (C=O) groups excluding carboxylic acids is 1. The molecule has 1 aliphatic rings. The Kier molecular flexibility index (Phi) is 6.35. The van der Waals surface area contributed by atoms with Gasteiger partial charge in [-0.1, -0.05) is 41.9 Å². The van der Waals surface area contributed by atoms with Crippen molar-refractivity contribution in [2.75, 3.05) is 24.9 Å². The average Bonchev–Trinajstić information content (AvgIpc) is 3.31. The number of nitrogens with zero attached hydrogens (tertiary/aromatic N) is 3. The highest BCUT2D eigenvalue weighted by molar-refractivity contribution is 6.30. The molecule has 1 unspecified atom stereocenters. The molecule has 0 aliphatic carbocycles. The van der Waals surface area contributed by atoms with Crippen LogP contribution in [0.2, 0.25) is 5.02 Å². The minimum atomic E-state index is -0.643. The van der Waals surface area contributed by atoms with Crippen LogP contribution >= 0.6 is 11.6 Å². The van der Waals surface area contributed by atoms with E-state index in [1.165, 1.54) is 0 Å². The molecule has 0 spiro atoms. The van der Waals surface area contributed by atoms with Crippen LogP contribution in [-0.4, -0.2) is 34.9 Å². The second-order valence-corrected chi connectivity index (χ2v) is 8.64. The molecule has 8 nitrogen and oxygen atoms in total. The summed E-state index contributed by atoms with van der Waals surface area (Å²) in [6, 6.07) is 21.4. The molecular formula is C27H24ClN5O3. The minimum absolute atomic E-state index is 0.272. The summed E-state index contributed by atoms with van der Waals surface area (Å²) in [5.41, 5.74) is 3.27. The van der Waals surface area contributed by atoms with Crippen molar-refractivity contribution in [3.63, 3.8) is 0 Å². The van der Waals surface area contributed by atoms with Crippen LogP contribution in [0.15, 0.2) is 84.1 Å². The molecule has 4 aromatic rings. The summed E-state index contributed by atoms with van der Waals surface area (Å²) in [5, 5.41) is 11.6. The van der Waals surface area contributed by atoms with Crippen LogP contribution in [0, 0.1) is 0 Å². The van der Waals surface area contributed by atoms with Crippen LogP contribution in [0.5, 0.6) is 11.5 Å². The van der Waals surface area contributed by atoms with Gasteiger partial charge in [0.1, 0.15) is 17.5 Å². The van der Waals surface area contributed by atoms with Crippen molar-refractivity contribution in [1.29, 1.82) is 0 Å². The van der Waals surface area contributed by atoms with Crippen molar-refractivity contribution in [2.24, 2.45) is 0 Å². The van der Waals surface area contributed by atoms with Gasteiger partial charge < -0.3 is 20.1 Å². The number of methoxy groups -OCH3 is 2. The molecule has 182 valence electrons. The fourth-order valence-corrected chi connectivity index (χ4v) is 4.45. The molecular weight excluding hydrogens is 478 g/mol.